The molecule has 1 aromatic rings. The number of nitrogens with one attached hydrogen (secondary N) is 1. The molecule has 1 amide bonds. The Balaban J connectivity index is 1.88. The number of carboxylic acids is 1. The number of aryl methyl sites for hydroxylation is 1. The molecule has 0 spiro atoms. The maximum atomic E-state index is 12.7. The lowest BCUT2D eigenvalue weighted by molar-refractivity contribution is -0.125. The van der Waals surface area contributed by atoms with Gasteiger partial charge in [-0.25, -0.2) is 4.79 Å². The Kier molecular flexibility index (Phi) is 3.78. The predicted molar refractivity (Wildman–Crippen MR) is 83.1 cm³/mol. The lowest BCUT2D eigenvalue weighted by Gasteiger charge is -2.25. The molecule has 0 bridgehead atoms. The summed E-state index contributed by atoms with van der Waals surface area (Å²) < 4.78 is 0. The van der Waals surface area contributed by atoms with Gasteiger partial charge in [-0.05, 0) is 44.1 Å². The van der Waals surface area contributed by atoms with Crippen LogP contribution in [0.15, 0.2) is 0 Å². The summed E-state index contributed by atoms with van der Waals surface area (Å²) >= 11 is 1.46. The van der Waals surface area contributed by atoms with Gasteiger partial charge >= 0.3 is 5.97 Å². The van der Waals surface area contributed by atoms with E-state index >= 15 is 0 Å². The first-order valence-corrected chi connectivity index (χ1v) is 8.58. The van der Waals surface area contributed by atoms with Crippen LogP contribution in [0.3, 0.4) is 0 Å². The predicted octanol–water partition coefficient (Wildman–Crippen LogP) is 3.84. The summed E-state index contributed by atoms with van der Waals surface area (Å²) in [5.41, 5.74) is 0.995. The third-order valence-electron chi connectivity index (χ3n) is 5.08. The van der Waals surface area contributed by atoms with Gasteiger partial charge in [0.1, 0.15) is 5.00 Å². The maximum Gasteiger partial charge on any atom is 0.339 e. The van der Waals surface area contributed by atoms with Crippen LogP contribution in [0.25, 0.3) is 0 Å². The van der Waals surface area contributed by atoms with Gasteiger partial charge in [0.15, 0.2) is 0 Å². The van der Waals surface area contributed by atoms with E-state index in [1.165, 1.54) is 11.3 Å². The number of aromatic carboxylic acids is 1. The maximum absolute atomic E-state index is 12.7. The van der Waals surface area contributed by atoms with E-state index in [4.69, 9.17) is 0 Å². The summed E-state index contributed by atoms with van der Waals surface area (Å²) in [6.07, 6.45) is 7.63. The molecule has 1 saturated carbocycles. The molecule has 1 aromatic heterocycles. The van der Waals surface area contributed by atoms with E-state index in [-0.39, 0.29) is 11.3 Å². The van der Waals surface area contributed by atoms with Gasteiger partial charge in [0.05, 0.1) is 5.56 Å². The summed E-state index contributed by atoms with van der Waals surface area (Å²) in [6.45, 7) is 2.05. The lowest BCUT2D eigenvalue weighted by atomic mass is 9.82. The Morgan fingerprint density at radius 1 is 1.24 bits per heavy atom. The van der Waals surface area contributed by atoms with E-state index in [1.807, 2.05) is 0 Å². The Morgan fingerprint density at radius 2 is 1.95 bits per heavy atom. The van der Waals surface area contributed by atoms with Crippen LogP contribution in [0.2, 0.25) is 0 Å². The highest BCUT2D eigenvalue weighted by Gasteiger charge is 2.40. The number of thiophene rings is 1. The topological polar surface area (TPSA) is 66.4 Å². The molecule has 3 rings (SSSR count). The molecule has 0 aliphatic heterocycles. The fourth-order valence-electron chi connectivity index (χ4n) is 3.75. The average molecular weight is 307 g/mol. The van der Waals surface area contributed by atoms with Crippen LogP contribution in [-0.4, -0.2) is 17.0 Å². The third kappa shape index (κ3) is 2.37. The van der Waals surface area contributed by atoms with E-state index in [0.29, 0.717) is 10.6 Å². The monoisotopic (exact) mass is 307 g/mol. The van der Waals surface area contributed by atoms with Crippen molar-refractivity contribution in [1.29, 1.82) is 0 Å². The molecule has 5 heteroatoms. The van der Waals surface area contributed by atoms with Gasteiger partial charge in [0, 0.05) is 10.3 Å². The first kappa shape index (κ1) is 14.6. The molecule has 21 heavy (non-hydrogen) atoms. The van der Waals surface area contributed by atoms with Crippen molar-refractivity contribution >= 4 is 28.2 Å². The van der Waals surface area contributed by atoms with Crippen LogP contribution in [0.5, 0.6) is 0 Å². The molecule has 0 saturated heterocycles. The number of amides is 1. The largest absolute Gasteiger partial charge is 0.478 e. The molecular formula is C16H21NO3S. The quantitative estimate of drug-likeness (QED) is 0.888. The lowest BCUT2D eigenvalue weighted by Crippen LogP contribution is -2.33. The van der Waals surface area contributed by atoms with Gasteiger partial charge in [0.25, 0.3) is 0 Å². The molecular weight excluding hydrogens is 286 g/mol. The Morgan fingerprint density at radius 3 is 2.57 bits per heavy atom. The third-order valence-corrected chi connectivity index (χ3v) is 6.29. The second-order valence-corrected chi connectivity index (χ2v) is 7.27. The van der Waals surface area contributed by atoms with Gasteiger partial charge in [-0.15, -0.1) is 11.3 Å². The van der Waals surface area contributed by atoms with Crippen molar-refractivity contribution in [3.05, 3.63) is 16.0 Å². The fourth-order valence-corrected chi connectivity index (χ4v) is 5.02. The molecule has 2 aliphatic rings. The number of hydrogen-bond donors (Lipinski definition) is 2. The van der Waals surface area contributed by atoms with Crippen LogP contribution in [0.4, 0.5) is 5.00 Å². The molecule has 114 valence electrons. The fraction of sp³-hybridized carbons (Fsp3) is 0.625. The minimum atomic E-state index is -0.915. The number of hydrogen-bond acceptors (Lipinski definition) is 3. The van der Waals surface area contributed by atoms with Crippen molar-refractivity contribution in [2.75, 3.05) is 5.32 Å². The van der Waals surface area contributed by atoms with Crippen LogP contribution in [0.1, 0.15) is 66.2 Å². The SMILES string of the molecule is CCC1(C(=O)Nc2sc3c(c2C(=O)O)CCC3)CCCC1. The van der Waals surface area contributed by atoms with Crippen LogP contribution in [-0.2, 0) is 17.6 Å². The number of anilines is 1. The van der Waals surface area contributed by atoms with Gasteiger partial charge in [-0.1, -0.05) is 19.8 Å². The molecule has 4 nitrogen and oxygen atoms in total. The van der Waals surface area contributed by atoms with Gasteiger partial charge in [-0.2, -0.15) is 0 Å². The minimum absolute atomic E-state index is 0.0184. The van der Waals surface area contributed by atoms with Crippen LogP contribution >= 0.6 is 11.3 Å². The van der Waals surface area contributed by atoms with Crippen molar-refractivity contribution < 1.29 is 14.7 Å². The molecule has 0 atom stereocenters. The van der Waals surface area contributed by atoms with Crippen molar-refractivity contribution in [2.24, 2.45) is 5.41 Å². The summed E-state index contributed by atoms with van der Waals surface area (Å²) in [5.74, 6) is -0.897. The van der Waals surface area contributed by atoms with Gasteiger partial charge in [0.2, 0.25) is 5.91 Å². The Bertz CT molecular complexity index is 585. The highest BCUT2D eigenvalue weighted by atomic mass is 32.1. The van der Waals surface area contributed by atoms with Gasteiger partial charge in [-0.3, -0.25) is 4.79 Å². The molecule has 0 unspecified atom stereocenters. The molecule has 1 fully saturated rings. The second kappa shape index (κ2) is 5.44. The molecule has 2 N–H and O–H groups in total. The minimum Gasteiger partial charge on any atom is -0.478 e. The molecule has 1 heterocycles. The average Bonchev–Trinajstić information content (AvgIpc) is 3.12. The number of carboxylic acid groups (broad SMARTS) is 1. The molecule has 0 radical (unpaired) electrons. The zero-order valence-electron chi connectivity index (χ0n) is 12.3. The zero-order chi connectivity index (χ0) is 15.0. The molecule has 2 aliphatic carbocycles. The van der Waals surface area contributed by atoms with Crippen LogP contribution in [0, 0.1) is 5.41 Å². The second-order valence-electron chi connectivity index (χ2n) is 6.16. The first-order chi connectivity index (χ1) is 10.1. The normalized spacial score (nSPS) is 19.5. The smallest absolute Gasteiger partial charge is 0.339 e. The molecule has 0 aromatic carbocycles. The Hall–Kier alpha value is -1.36. The van der Waals surface area contributed by atoms with Crippen molar-refractivity contribution in [1.82, 2.24) is 0 Å². The Labute approximate surface area is 128 Å². The number of carbonyl (C=O) groups excluding carboxylic acids is 1. The number of carbonyl (C=O) groups is 2. The number of fused-ring (bicyclic) bond motifs is 1. The standard InChI is InChI=1S/C16H21NO3S/c1-2-16(8-3-4-9-16)15(20)17-13-12(14(18)19)10-6-5-7-11(10)21-13/h2-9H2,1H3,(H,17,20)(H,18,19). The van der Waals surface area contributed by atoms with Crippen molar-refractivity contribution in [3.63, 3.8) is 0 Å². The zero-order valence-corrected chi connectivity index (χ0v) is 13.1. The van der Waals surface area contributed by atoms with Crippen molar-refractivity contribution in [2.45, 2.75) is 58.3 Å². The van der Waals surface area contributed by atoms with E-state index in [0.717, 1.165) is 61.8 Å². The van der Waals surface area contributed by atoms with E-state index in [9.17, 15) is 14.7 Å². The van der Waals surface area contributed by atoms with E-state index < -0.39 is 5.97 Å². The first-order valence-electron chi connectivity index (χ1n) is 7.76. The summed E-state index contributed by atoms with van der Waals surface area (Å²) in [5, 5.41) is 13.0. The van der Waals surface area contributed by atoms with Crippen LogP contribution < -0.4 is 5.32 Å². The van der Waals surface area contributed by atoms with E-state index in [2.05, 4.69) is 12.2 Å². The summed E-state index contributed by atoms with van der Waals surface area (Å²) in [4.78, 5) is 25.4. The highest BCUT2D eigenvalue weighted by Crippen LogP contribution is 2.44. The van der Waals surface area contributed by atoms with Crippen molar-refractivity contribution in [3.8, 4) is 0 Å². The highest BCUT2D eigenvalue weighted by molar-refractivity contribution is 7.17. The van der Waals surface area contributed by atoms with Gasteiger partial charge < -0.3 is 10.4 Å². The summed E-state index contributed by atoms with van der Waals surface area (Å²) in [7, 11) is 0. The number of rotatable bonds is 4. The summed E-state index contributed by atoms with van der Waals surface area (Å²) in [6, 6.07) is 0. The van der Waals surface area contributed by atoms with E-state index in [1.54, 1.807) is 0 Å².